The molecule has 0 radical (unpaired) electrons. The van der Waals surface area contributed by atoms with Crippen LogP contribution in [0.5, 0.6) is 0 Å². The standard InChI is InChI=1S/C13H24N6O4/c1-2-5-16-12(22)9(4-3-6-17-13(15)23)19-11(21)8-18-10(20)7-14/h2,5,9H,3-4,6-8,14H2,1H3,(H,16,22)(H,18,20)(H,19,21)(H3,15,17,23)/b5-2+/t9-/m0/s1. The van der Waals surface area contributed by atoms with Gasteiger partial charge in [0, 0.05) is 6.54 Å². The molecule has 130 valence electrons. The van der Waals surface area contributed by atoms with Crippen LogP contribution in [-0.2, 0) is 14.4 Å². The zero-order valence-corrected chi connectivity index (χ0v) is 13.1. The number of urea groups is 1. The largest absolute Gasteiger partial charge is 0.352 e. The molecule has 5 amide bonds. The summed E-state index contributed by atoms with van der Waals surface area (Å²) in [6.07, 6.45) is 3.80. The molecule has 0 aromatic carbocycles. The molecule has 10 heteroatoms. The molecule has 0 aromatic rings. The number of carbonyl (C=O) groups excluding carboxylic acids is 4. The van der Waals surface area contributed by atoms with Crippen molar-refractivity contribution < 1.29 is 19.2 Å². The summed E-state index contributed by atoms with van der Waals surface area (Å²) in [6, 6.07) is -1.46. The van der Waals surface area contributed by atoms with Crippen molar-refractivity contribution in [3.05, 3.63) is 12.3 Å². The minimum absolute atomic E-state index is 0.225. The lowest BCUT2D eigenvalue weighted by atomic mass is 10.1. The third-order valence-corrected chi connectivity index (χ3v) is 2.64. The number of hydrogen-bond donors (Lipinski definition) is 6. The molecule has 1 atom stereocenters. The lowest BCUT2D eigenvalue weighted by Gasteiger charge is -2.17. The average Bonchev–Trinajstić information content (AvgIpc) is 2.52. The summed E-state index contributed by atoms with van der Waals surface area (Å²) in [5, 5.41) is 9.72. The van der Waals surface area contributed by atoms with Crippen LogP contribution >= 0.6 is 0 Å². The number of allylic oxidation sites excluding steroid dienone is 1. The van der Waals surface area contributed by atoms with E-state index in [1.165, 1.54) is 6.20 Å². The molecule has 10 nitrogen and oxygen atoms in total. The average molecular weight is 328 g/mol. The maximum absolute atomic E-state index is 12.0. The van der Waals surface area contributed by atoms with Crippen molar-refractivity contribution in [2.75, 3.05) is 19.6 Å². The summed E-state index contributed by atoms with van der Waals surface area (Å²) in [5.41, 5.74) is 10.0. The third kappa shape index (κ3) is 10.7. The number of primary amides is 1. The summed E-state index contributed by atoms with van der Waals surface area (Å²) < 4.78 is 0. The van der Waals surface area contributed by atoms with Crippen molar-refractivity contribution in [2.24, 2.45) is 11.5 Å². The number of nitrogens with one attached hydrogen (secondary N) is 4. The zero-order chi connectivity index (χ0) is 17.7. The quantitative estimate of drug-likeness (QED) is 0.246. The van der Waals surface area contributed by atoms with E-state index in [4.69, 9.17) is 11.5 Å². The normalized spacial score (nSPS) is 11.6. The van der Waals surface area contributed by atoms with Crippen LogP contribution in [0.4, 0.5) is 4.79 Å². The van der Waals surface area contributed by atoms with Gasteiger partial charge in [-0.15, -0.1) is 0 Å². The van der Waals surface area contributed by atoms with Gasteiger partial charge in [0.1, 0.15) is 6.04 Å². The van der Waals surface area contributed by atoms with Crippen molar-refractivity contribution in [3.63, 3.8) is 0 Å². The molecule has 0 saturated heterocycles. The fraction of sp³-hybridized carbons (Fsp3) is 0.538. The number of hydrogen-bond acceptors (Lipinski definition) is 5. The van der Waals surface area contributed by atoms with E-state index in [2.05, 4.69) is 21.3 Å². The molecular formula is C13H24N6O4. The lowest BCUT2D eigenvalue weighted by Crippen LogP contribution is -2.49. The number of rotatable bonds is 10. The van der Waals surface area contributed by atoms with Crippen LogP contribution in [0.25, 0.3) is 0 Å². The predicted octanol–water partition coefficient (Wildman–Crippen LogP) is -2.36. The van der Waals surface area contributed by atoms with Gasteiger partial charge in [-0.2, -0.15) is 0 Å². The maximum atomic E-state index is 12.0. The van der Waals surface area contributed by atoms with Gasteiger partial charge in [-0.3, -0.25) is 14.4 Å². The fourth-order valence-electron chi connectivity index (χ4n) is 1.55. The van der Waals surface area contributed by atoms with Crippen molar-refractivity contribution in [3.8, 4) is 0 Å². The van der Waals surface area contributed by atoms with Crippen LogP contribution in [0.3, 0.4) is 0 Å². The van der Waals surface area contributed by atoms with E-state index in [1.807, 2.05) is 0 Å². The van der Waals surface area contributed by atoms with Crippen LogP contribution in [-0.4, -0.2) is 49.4 Å². The molecule has 0 rings (SSSR count). The predicted molar refractivity (Wildman–Crippen MR) is 83.8 cm³/mol. The molecule has 0 saturated carbocycles. The highest BCUT2D eigenvalue weighted by atomic mass is 16.2. The fourth-order valence-corrected chi connectivity index (χ4v) is 1.55. The summed E-state index contributed by atoms with van der Waals surface area (Å²) in [7, 11) is 0. The van der Waals surface area contributed by atoms with Crippen LogP contribution in [0.2, 0.25) is 0 Å². The van der Waals surface area contributed by atoms with Crippen LogP contribution in [0, 0.1) is 0 Å². The zero-order valence-electron chi connectivity index (χ0n) is 13.1. The van der Waals surface area contributed by atoms with Crippen molar-refractivity contribution in [1.29, 1.82) is 0 Å². The second-order valence-corrected chi connectivity index (χ2v) is 4.54. The first-order chi connectivity index (χ1) is 10.9. The Morgan fingerprint density at radius 3 is 2.39 bits per heavy atom. The first kappa shape index (κ1) is 20.4. The van der Waals surface area contributed by atoms with Gasteiger partial charge in [0.05, 0.1) is 13.1 Å². The molecule has 0 aliphatic carbocycles. The summed E-state index contributed by atoms with van der Waals surface area (Å²) in [6.45, 7) is 1.51. The highest BCUT2D eigenvalue weighted by Gasteiger charge is 2.19. The Bertz CT molecular complexity index is 452. The smallest absolute Gasteiger partial charge is 0.312 e. The highest BCUT2D eigenvalue weighted by molar-refractivity contribution is 5.90. The highest BCUT2D eigenvalue weighted by Crippen LogP contribution is 1.97. The lowest BCUT2D eigenvalue weighted by molar-refractivity contribution is -0.129. The van der Waals surface area contributed by atoms with E-state index in [0.717, 1.165) is 0 Å². The van der Waals surface area contributed by atoms with Gasteiger partial charge in [0.25, 0.3) is 0 Å². The molecular weight excluding hydrogens is 304 g/mol. The van der Waals surface area contributed by atoms with Crippen molar-refractivity contribution in [2.45, 2.75) is 25.8 Å². The topological polar surface area (TPSA) is 168 Å². The van der Waals surface area contributed by atoms with E-state index in [0.29, 0.717) is 12.8 Å². The van der Waals surface area contributed by atoms with E-state index >= 15 is 0 Å². The van der Waals surface area contributed by atoms with Crippen molar-refractivity contribution in [1.82, 2.24) is 21.3 Å². The molecule has 0 bridgehead atoms. The minimum atomic E-state index is -0.803. The Labute approximate surface area is 134 Å². The first-order valence-corrected chi connectivity index (χ1v) is 7.11. The van der Waals surface area contributed by atoms with E-state index in [9.17, 15) is 19.2 Å². The molecule has 23 heavy (non-hydrogen) atoms. The molecule has 0 unspecified atom stereocenters. The van der Waals surface area contributed by atoms with E-state index in [1.54, 1.807) is 13.0 Å². The molecule has 0 aliphatic heterocycles. The second kappa shape index (κ2) is 12.0. The summed E-state index contributed by atoms with van der Waals surface area (Å²) in [4.78, 5) is 45.3. The number of carbonyl (C=O) groups is 4. The SMILES string of the molecule is C/C=C/NC(=O)[C@H](CCCNC(N)=O)NC(=O)CNC(=O)CN. The molecule has 0 aromatic heterocycles. The molecule has 0 aliphatic rings. The third-order valence-electron chi connectivity index (χ3n) is 2.64. The maximum Gasteiger partial charge on any atom is 0.312 e. The Morgan fingerprint density at radius 2 is 1.83 bits per heavy atom. The molecule has 0 fully saturated rings. The second-order valence-electron chi connectivity index (χ2n) is 4.54. The van der Waals surface area contributed by atoms with E-state index < -0.39 is 29.8 Å². The summed E-state index contributed by atoms with van der Waals surface area (Å²) in [5.74, 6) is -1.39. The van der Waals surface area contributed by atoms with Gasteiger partial charge in [0.2, 0.25) is 17.7 Å². The van der Waals surface area contributed by atoms with Crippen LogP contribution in [0.15, 0.2) is 12.3 Å². The van der Waals surface area contributed by atoms with Crippen LogP contribution < -0.4 is 32.7 Å². The van der Waals surface area contributed by atoms with Crippen LogP contribution in [0.1, 0.15) is 19.8 Å². The Morgan fingerprint density at radius 1 is 1.13 bits per heavy atom. The van der Waals surface area contributed by atoms with E-state index in [-0.39, 0.29) is 19.6 Å². The molecule has 0 spiro atoms. The summed E-state index contributed by atoms with van der Waals surface area (Å²) >= 11 is 0. The van der Waals surface area contributed by atoms with Gasteiger partial charge >= 0.3 is 6.03 Å². The van der Waals surface area contributed by atoms with Crippen molar-refractivity contribution >= 4 is 23.8 Å². The molecule has 8 N–H and O–H groups in total. The van der Waals surface area contributed by atoms with Gasteiger partial charge in [-0.1, -0.05) is 6.08 Å². The Kier molecular flexibility index (Phi) is 10.6. The van der Waals surface area contributed by atoms with Gasteiger partial charge in [-0.25, -0.2) is 4.79 Å². The Balaban J connectivity index is 4.45. The Hall–Kier alpha value is -2.62. The van der Waals surface area contributed by atoms with Gasteiger partial charge in [-0.05, 0) is 26.0 Å². The van der Waals surface area contributed by atoms with Gasteiger partial charge in [0.15, 0.2) is 0 Å². The number of nitrogens with two attached hydrogens (primary N) is 2. The molecule has 0 heterocycles. The minimum Gasteiger partial charge on any atom is -0.352 e. The number of amides is 5. The van der Waals surface area contributed by atoms with Gasteiger partial charge < -0.3 is 32.7 Å². The first-order valence-electron chi connectivity index (χ1n) is 7.11. The monoisotopic (exact) mass is 328 g/mol.